The van der Waals surface area contributed by atoms with E-state index in [1.165, 1.54) is 38.5 Å². The van der Waals surface area contributed by atoms with E-state index in [-0.39, 0.29) is 19.0 Å². The van der Waals surface area contributed by atoms with Crippen LogP contribution in [0.5, 0.6) is 0 Å². The van der Waals surface area contributed by atoms with Crippen molar-refractivity contribution >= 4 is 18.4 Å². The number of rotatable bonds is 5. The van der Waals surface area contributed by atoms with E-state index in [0.717, 1.165) is 24.3 Å². The molecule has 4 aliphatic rings. The van der Waals surface area contributed by atoms with Crippen LogP contribution in [-0.4, -0.2) is 24.2 Å². The fourth-order valence-electron chi connectivity index (χ4n) is 4.89. The molecule has 5 heteroatoms. The number of halogens is 1. The zero-order valence-electron chi connectivity index (χ0n) is 10.7. The lowest BCUT2D eigenvalue weighted by atomic mass is 9.49. The number of hydrazine groups is 1. The molecule has 0 heterocycles. The molecule has 0 aromatic carbocycles. The fourth-order valence-corrected chi connectivity index (χ4v) is 4.89. The monoisotopic (exact) mass is 274 g/mol. The number of carboxylic acids is 1. The highest BCUT2D eigenvalue weighted by atomic mass is 35.5. The van der Waals surface area contributed by atoms with Gasteiger partial charge in [-0.2, -0.15) is 0 Å². The number of carbonyl (C=O) groups is 1. The summed E-state index contributed by atoms with van der Waals surface area (Å²) in [5, 5.41) is 8.57. The molecule has 0 saturated heterocycles. The smallest absolute Gasteiger partial charge is 0.318 e. The summed E-state index contributed by atoms with van der Waals surface area (Å²) in [6.45, 7) is 0.955. The Morgan fingerprint density at radius 1 is 1.06 bits per heavy atom. The predicted molar refractivity (Wildman–Crippen MR) is 71.5 cm³/mol. The minimum absolute atomic E-state index is 0. The molecule has 0 spiro atoms. The Morgan fingerprint density at radius 2 is 1.56 bits per heavy atom. The Balaban J connectivity index is 0.00000120. The quantitative estimate of drug-likeness (QED) is 0.529. The second kappa shape index (κ2) is 5.35. The average Bonchev–Trinajstić information content (AvgIpc) is 2.22. The molecule has 4 nitrogen and oxygen atoms in total. The number of hydrogen-bond donors (Lipinski definition) is 3. The molecule has 0 atom stereocenters. The van der Waals surface area contributed by atoms with Gasteiger partial charge in [-0.1, -0.05) is 0 Å². The van der Waals surface area contributed by atoms with Crippen LogP contribution in [0, 0.1) is 23.2 Å². The van der Waals surface area contributed by atoms with Gasteiger partial charge in [-0.25, -0.2) is 5.43 Å². The summed E-state index contributed by atoms with van der Waals surface area (Å²) in [7, 11) is 0. The zero-order valence-corrected chi connectivity index (χ0v) is 11.5. The van der Waals surface area contributed by atoms with Gasteiger partial charge < -0.3 is 5.11 Å². The van der Waals surface area contributed by atoms with E-state index in [4.69, 9.17) is 5.11 Å². The molecule has 4 fully saturated rings. The lowest BCUT2D eigenvalue weighted by Crippen LogP contribution is -2.52. The normalized spacial score (nSPS) is 40.6. The molecule has 0 unspecified atom stereocenters. The summed E-state index contributed by atoms with van der Waals surface area (Å²) < 4.78 is 0. The van der Waals surface area contributed by atoms with E-state index < -0.39 is 5.97 Å². The highest BCUT2D eigenvalue weighted by molar-refractivity contribution is 5.85. The molecular formula is C13H23ClN2O2. The first-order valence-electron chi connectivity index (χ1n) is 6.83. The molecular weight excluding hydrogens is 252 g/mol. The van der Waals surface area contributed by atoms with Crippen LogP contribution in [-0.2, 0) is 4.79 Å². The standard InChI is InChI=1S/C13H22N2O2.ClH/c16-12(17)7-14-15-8-13-4-9-1-10(5-13)3-11(2-9)6-13;/h9-11,14-15H,1-8H2,(H,16,17);1H. The Hall–Kier alpha value is -0.320. The van der Waals surface area contributed by atoms with Crippen molar-refractivity contribution < 1.29 is 9.90 Å². The van der Waals surface area contributed by atoms with E-state index in [1.807, 2.05) is 0 Å². The minimum Gasteiger partial charge on any atom is -0.480 e. The highest BCUT2D eigenvalue weighted by Crippen LogP contribution is 2.59. The average molecular weight is 275 g/mol. The van der Waals surface area contributed by atoms with E-state index in [9.17, 15) is 4.79 Å². The topological polar surface area (TPSA) is 61.4 Å². The zero-order chi connectivity index (χ0) is 11.9. The van der Waals surface area contributed by atoms with Crippen molar-refractivity contribution in [1.82, 2.24) is 10.9 Å². The van der Waals surface area contributed by atoms with E-state index in [2.05, 4.69) is 10.9 Å². The van der Waals surface area contributed by atoms with Gasteiger partial charge in [0.15, 0.2) is 0 Å². The number of aliphatic carboxylic acids is 1. The van der Waals surface area contributed by atoms with E-state index >= 15 is 0 Å². The molecule has 4 saturated carbocycles. The van der Waals surface area contributed by atoms with Crippen LogP contribution in [0.4, 0.5) is 0 Å². The van der Waals surface area contributed by atoms with Gasteiger partial charge in [0.05, 0.1) is 0 Å². The Bertz CT molecular complexity index is 287. The summed E-state index contributed by atoms with van der Waals surface area (Å²) in [6, 6.07) is 0. The Kier molecular flexibility index (Phi) is 4.19. The van der Waals surface area contributed by atoms with Crippen LogP contribution in [0.1, 0.15) is 38.5 Å². The van der Waals surface area contributed by atoms with Crippen LogP contribution in [0.15, 0.2) is 0 Å². The highest BCUT2D eigenvalue weighted by Gasteiger charge is 2.50. The van der Waals surface area contributed by atoms with Crippen LogP contribution in [0.3, 0.4) is 0 Å². The van der Waals surface area contributed by atoms with Crippen molar-refractivity contribution in [3.8, 4) is 0 Å². The summed E-state index contributed by atoms with van der Waals surface area (Å²) >= 11 is 0. The maximum absolute atomic E-state index is 10.4. The SMILES string of the molecule is Cl.O=C(O)CNNCC12CC3CC(CC(C3)C1)C2. The molecule has 4 aliphatic carbocycles. The lowest BCUT2D eigenvalue weighted by Gasteiger charge is -2.57. The Morgan fingerprint density at radius 3 is 2.00 bits per heavy atom. The van der Waals surface area contributed by atoms with E-state index in [0.29, 0.717) is 5.41 Å². The van der Waals surface area contributed by atoms with Crippen molar-refractivity contribution in [2.24, 2.45) is 23.2 Å². The number of hydrogen-bond acceptors (Lipinski definition) is 3. The molecule has 0 aromatic rings. The molecule has 3 N–H and O–H groups in total. The maximum Gasteiger partial charge on any atom is 0.318 e. The second-order valence-electron chi connectivity index (χ2n) is 6.52. The number of nitrogens with one attached hydrogen (secondary N) is 2. The van der Waals surface area contributed by atoms with Gasteiger partial charge in [-0.15, -0.1) is 12.4 Å². The fraction of sp³-hybridized carbons (Fsp3) is 0.923. The first-order chi connectivity index (χ1) is 8.15. The molecule has 0 amide bonds. The van der Waals surface area contributed by atoms with Crippen LogP contribution in [0.2, 0.25) is 0 Å². The summed E-state index contributed by atoms with van der Waals surface area (Å²) in [5.41, 5.74) is 6.43. The number of carboxylic acid groups (broad SMARTS) is 1. The third-order valence-corrected chi connectivity index (χ3v) is 4.99. The molecule has 0 aromatic heterocycles. The maximum atomic E-state index is 10.4. The third-order valence-electron chi connectivity index (χ3n) is 4.99. The largest absolute Gasteiger partial charge is 0.480 e. The van der Waals surface area contributed by atoms with Gasteiger partial charge >= 0.3 is 5.97 Å². The van der Waals surface area contributed by atoms with Crippen LogP contribution in [0.25, 0.3) is 0 Å². The van der Waals surface area contributed by atoms with Gasteiger partial charge in [0, 0.05) is 6.54 Å². The summed E-state index contributed by atoms with van der Waals surface area (Å²) in [6.07, 6.45) is 8.47. The molecule has 4 bridgehead atoms. The Labute approximate surface area is 114 Å². The van der Waals surface area contributed by atoms with Gasteiger partial charge in [-0.05, 0) is 61.7 Å². The predicted octanol–water partition coefficient (Wildman–Crippen LogP) is 1.80. The van der Waals surface area contributed by atoms with Crippen molar-refractivity contribution in [2.45, 2.75) is 38.5 Å². The van der Waals surface area contributed by atoms with Crippen molar-refractivity contribution in [3.05, 3.63) is 0 Å². The van der Waals surface area contributed by atoms with Crippen molar-refractivity contribution in [2.75, 3.05) is 13.1 Å². The molecule has 104 valence electrons. The van der Waals surface area contributed by atoms with E-state index in [1.54, 1.807) is 0 Å². The van der Waals surface area contributed by atoms with Gasteiger partial charge in [-0.3, -0.25) is 10.2 Å². The van der Waals surface area contributed by atoms with Crippen LogP contribution >= 0.6 is 12.4 Å². The first kappa shape index (κ1) is 14.1. The lowest BCUT2D eigenvalue weighted by molar-refractivity contribution is -0.136. The third kappa shape index (κ3) is 2.81. The van der Waals surface area contributed by atoms with Crippen molar-refractivity contribution in [3.63, 3.8) is 0 Å². The van der Waals surface area contributed by atoms with Gasteiger partial charge in [0.1, 0.15) is 6.54 Å². The molecule has 0 radical (unpaired) electrons. The minimum atomic E-state index is -0.803. The van der Waals surface area contributed by atoms with Crippen LogP contribution < -0.4 is 10.9 Å². The summed E-state index contributed by atoms with van der Waals surface area (Å²) in [4.78, 5) is 10.4. The van der Waals surface area contributed by atoms with Crippen molar-refractivity contribution in [1.29, 1.82) is 0 Å². The molecule has 4 rings (SSSR count). The van der Waals surface area contributed by atoms with Gasteiger partial charge in [0.2, 0.25) is 0 Å². The molecule has 18 heavy (non-hydrogen) atoms. The second-order valence-corrected chi connectivity index (χ2v) is 6.52. The summed E-state index contributed by atoms with van der Waals surface area (Å²) in [5.74, 6) is 2.08. The van der Waals surface area contributed by atoms with Gasteiger partial charge in [0.25, 0.3) is 0 Å². The first-order valence-corrected chi connectivity index (χ1v) is 6.83. The molecule has 0 aliphatic heterocycles.